The maximum absolute atomic E-state index is 11.3. The van der Waals surface area contributed by atoms with Crippen molar-refractivity contribution < 1.29 is 14.3 Å². The summed E-state index contributed by atoms with van der Waals surface area (Å²) in [6.45, 7) is 2.59. The van der Waals surface area contributed by atoms with Gasteiger partial charge < -0.3 is 20.5 Å². The Kier molecular flexibility index (Phi) is 6.48. The van der Waals surface area contributed by atoms with Gasteiger partial charge in [-0.05, 0) is 6.42 Å². The Morgan fingerprint density at radius 3 is 2.38 bits per heavy atom. The number of amides is 1. The highest BCUT2D eigenvalue weighted by Gasteiger charge is 2.23. The molecule has 0 rings (SSSR count). The molecule has 5 heteroatoms. The smallest absolute Gasteiger partial charge is 0.242 e. The number of carbonyl (C=O) groups is 1. The zero-order valence-electron chi connectivity index (χ0n) is 8.37. The first-order valence-corrected chi connectivity index (χ1v) is 4.26. The van der Waals surface area contributed by atoms with Crippen molar-refractivity contribution in [2.75, 3.05) is 20.8 Å². The van der Waals surface area contributed by atoms with Gasteiger partial charge in [0.15, 0.2) is 6.29 Å². The van der Waals surface area contributed by atoms with Crippen molar-refractivity contribution in [2.45, 2.75) is 25.7 Å². The molecule has 0 bridgehead atoms. The standard InChI is InChI=1S/C8H18N2O3/c1-4-5-10-7(11)6(9)8(12-2)13-3/h6,8H,4-5,9H2,1-3H3,(H,10,11). The molecule has 13 heavy (non-hydrogen) atoms. The van der Waals surface area contributed by atoms with Gasteiger partial charge in [-0.15, -0.1) is 0 Å². The average molecular weight is 190 g/mol. The van der Waals surface area contributed by atoms with Crippen LogP contribution in [-0.4, -0.2) is 39.0 Å². The third kappa shape index (κ3) is 4.21. The summed E-state index contributed by atoms with van der Waals surface area (Å²) < 4.78 is 9.71. The number of carbonyl (C=O) groups excluding carboxylic acids is 1. The fraction of sp³-hybridized carbons (Fsp3) is 0.875. The van der Waals surface area contributed by atoms with E-state index in [-0.39, 0.29) is 5.91 Å². The molecule has 0 aromatic heterocycles. The molecule has 0 aliphatic rings. The van der Waals surface area contributed by atoms with Crippen molar-refractivity contribution in [3.8, 4) is 0 Å². The van der Waals surface area contributed by atoms with Crippen molar-refractivity contribution in [3.63, 3.8) is 0 Å². The summed E-state index contributed by atoms with van der Waals surface area (Å²) in [5.41, 5.74) is 5.56. The first kappa shape index (κ1) is 12.3. The van der Waals surface area contributed by atoms with Gasteiger partial charge in [-0.3, -0.25) is 4.79 Å². The van der Waals surface area contributed by atoms with E-state index in [2.05, 4.69) is 5.32 Å². The minimum atomic E-state index is -0.776. The van der Waals surface area contributed by atoms with Crippen LogP contribution in [0.4, 0.5) is 0 Å². The molecule has 0 aromatic rings. The summed E-state index contributed by atoms with van der Waals surface area (Å²) in [5, 5.41) is 2.66. The van der Waals surface area contributed by atoms with E-state index in [9.17, 15) is 4.79 Å². The van der Waals surface area contributed by atoms with Gasteiger partial charge >= 0.3 is 0 Å². The Bertz CT molecular complexity index is 148. The second kappa shape index (κ2) is 6.82. The Hall–Kier alpha value is -0.650. The van der Waals surface area contributed by atoms with Gasteiger partial charge in [0.05, 0.1) is 0 Å². The number of nitrogens with two attached hydrogens (primary N) is 1. The fourth-order valence-electron chi connectivity index (χ4n) is 0.879. The number of nitrogens with one attached hydrogen (secondary N) is 1. The number of hydrogen-bond acceptors (Lipinski definition) is 4. The molecule has 78 valence electrons. The second-order valence-corrected chi connectivity index (χ2v) is 2.66. The lowest BCUT2D eigenvalue weighted by Gasteiger charge is -2.19. The van der Waals surface area contributed by atoms with Crippen LogP contribution in [-0.2, 0) is 14.3 Å². The van der Waals surface area contributed by atoms with Crippen molar-refractivity contribution in [1.29, 1.82) is 0 Å². The van der Waals surface area contributed by atoms with Crippen LogP contribution >= 0.6 is 0 Å². The van der Waals surface area contributed by atoms with E-state index in [0.29, 0.717) is 6.54 Å². The SMILES string of the molecule is CCCNC(=O)C(N)C(OC)OC. The number of methoxy groups -OCH3 is 2. The van der Waals surface area contributed by atoms with Crippen LogP contribution in [0.5, 0.6) is 0 Å². The van der Waals surface area contributed by atoms with Crippen LogP contribution in [0.2, 0.25) is 0 Å². The Balaban J connectivity index is 3.91. The Morgan fingerprint density at radius 1 is 1.46 bits per heavy atom. The predicted octanol–water partition coefficient (Wildman–Crippen LogP) is -0.541. The summed E-state index contributed by atoms with van der Waals surface area (Å²) >= 11 is 0. The molecule has 1 unspecified atom stereocenters. The van der Waals surface area contributed by atoms with Crippen molar-refractivity contribution >= 4 is 5.91 Å². The number of hydrogen-bond donors (Lipinski definition) is 2. The summed E-state index contributed by atoms with van der Waals surface area (Å²) in [5.74, 6) is -0.254. The van der Waals surface area contributed by atoms with Gasteiger partial charge in [-0.1, -0.05) is 6.92 Å². The molecule has 0 spiro atoms. The maximum Gasteiger partial charge on any atom is 0.242 e. The summed E-state index contributed by atoms with van der Waals surface area (Å²) in [7, 11) is 2.89. The minimum Gasteiger partial charge on any atom is -0.355 e. The van der Waals surface area contributed by atoms with Gasteiger partial charge in [-0.2, -0.15) is 0 Å². The van der Waals surface area contributed by atoms with Gasteiger partial charge in [0.25, 0.3) is 0 Å². The molecule has 0 heterocycles. The maximum atomic E-state index is 11.3. The molecule has 5 nitrogen and oxygen atoms in total. The van der Waals surface area contributed by atoms with Gasteiger partial charge in [0, 0.05) is 20.8 Å². The molecule has 0 fully saturated rings. The zero-order chi connectivity index (χ0) is 10.3. The van der Waals surface area contributed by atoms with Crippen LogP contribution in [0.15, 0.2) is 0 Å². The molecule has 0 aliphatic heterocycles. The van der Waals surface area contributed by atoms with Crippen molar-refractivity contribution in [1.82, 2.24) is 5.32 Å². The van der Waals surface area contributed by atoms with Gasteiger partial charge in [0.1, 0.15) is 6.04 Å². The first-order valence-electron chi connectivity index (χ1n) is 4.26. The van der Waals surface area contributed by atoms with E-state index in [1.165, 1.54) is 14.2 Å². The van der Waals surface area contributed by atoms with Gasteiger partial charge in [-0.25, -0.2) is 0 Å². The lowest BCUT2D eigenvalue weighted by molar-refractivity contribution is -0.144. The second-order valence-electron chi connectivity index (χ2n) is 2.66. The predicted molar refractivity (Wildman–Crippen MR) is 49.1 cm³/mol. The number of ether oxygens (including phenoxy) is 2. The zero-order valence-corrected chi connectivity index (χ0v) is 8.37. The third-order valence-electron chi connectivity index (χ3n) is 1.61. The highest BCUT2D eigenvalue weighted by Crippen LogP contribution is 1.96. The molecule has 0 saturated heterocycles. The Labute approximate surface area is 78.6 Å². The van der Waals surface area contributed by atoms with E-state index in [1.54, 1.807) is 0 Å². The van der Waals surface area contributed by atoms with E-state index < -0.39 is 12.3 Å². The third-order valence-corrected chi connectivity index (χ3v) is 1.61. The molecule has 0 radical (unpaired) electrons. The van der Waals surface area contributed by atoms with Crippen LogP contribution in [0.25, 0.3) is 0 Å². The molecule has 1 atom stereocenters. The fourth-order valence-corrected chi connectivity index (χ4v) is 0.879. The molecular weight excluding hydrogens is 172 g/mol. The molecule has 0 aliphatic carbocycles. The van der Waals surface area contributed by atoms with Crippen LogP contribution in [0.3, 0.4) is 0 Å². The van der Waals surface area contributed by atoms with Crippen LogP contribution in [0, 0.1) is 0 Å². The number of rotatable bonds is 6. The van der Waals surface area contributed by atoms with E-state index in [0.717, 1.165) is 6.42 Å². The molecule has 3 N–H and O–H groups in total. The topological polar surface area (TPSA) is 73.6 Å². The molecule has 0 aromatic carbocycles. The first-order chi connectivity index (χ1) is 6.17. The van der Waals surface area contributed by atoms with Crippen molar-refractivity contribution in [2.24, 2.45) is 5.73 Å². The van der Waals surface area contributed by atoms with Crippen molar-refractivity contribution in [3.05, 3.63) is 0 Å². The Morgan fingerprint density at radius 2 is 2.00 bits per heavy atom. The van der Waals surface area contributed by atoms with E-state index in [4.69, 9.17) is 15.2 Å². The normalized spacial score (nSPS) is 13.0. The van der Waals surface area contributed by atoms with Gasteiger partial charge in [0.2, 0.25) is 5.91 Å². The van der Waals surface area contributed by atoms with E-state index >= 15 is 0 Å². The lowest BCUT2D eigenvalue weighted by atomic mass is 10.3. The summed E-state index contributed by atoms with van der Waals surface area (Å²) in [4.78, 5) is 11.3. The van der Waals surface area contributed by atoms with E-state index in [1.807, 2.05) is 6.92 Å². The monoisotopic (exact) mass is 190 g/mol. The lowest BCUT2D eigenvalue weighted by Crippen LogP contribution is -2.49. The summed E-state index contributed by atoms with van der Waals surface area (Å²) in [6.07, 6.45) is 0.195. The molecular formula is C8H18N2O3. The highest BCUT2D eigenvalue weighted by atomic mass is 16.7. The highest BCUT2D eigenvalue weighted by molar-refractivity contribution is 5.81. The largest absolute Gasteiger partial charge is 0.355 e. The molecule has 1 amide bonds. The summed E-state index contributed by atoms with van der Waals surface area (Å²) in [6, 6.07) is -0.776. The average Bonchev–Trinajstić information content (AvgIpc) is 2.15. The van der Waals surface area contributed by atoms with Crippen LogP contribution < -0.4 is 11.1 Å². The quantitative estimate of drug-likeness (QED) is 0.552. The van der Waals surface area contributed by atoms with Crippen LogP contribution in [0.1, 0.15) is 13.3 Å². The minimum absolute atomic E-state index is 0.254. The molecule has 0 saturated carbocycles.